The van der Waals surface area contributed by atoms with E-state index < -0.39 is 0 Å². The van der Waals surface area contributed by atoms with E-state index in [4.69, 9.17) is 4.74 Å². The lowest BCUT2D eigenvalue weighted by molar-refractivity contribution is 0.416. The summed E-state index contributed by atoms with van der Waals surface area (Å²) in [5.74, 6) is 0.944. The number of hydrogen-bond donors (Lipinski definition) is 0. The topological polar surface area (TPSA) is 9.23 Å². The standard InChI is InChI=1S/C23H21BrO/c1-25-23-5-3-2-4-20(23)21-14-16-6-10-18(21)11-7-17-9-13-19(12-8-16)22(24)15-17/h2-6,9-10,13-15H,7-8,11-12H2,1H3. The van der Waals surface area contributed by atoms with Gasteiger partial charge in [-0.3, -0.25) is 0 Å². The molecule has 25 heavy (non-hydrogen) atoms. The minimum atomic E-state index is 0.944. The Hall–Kier alpha value is -2.06. The van der Waals surface area contributed by atoms with E-state index in [1.165, 1.54) is 37.9 Å². The third-order valence-corrected chi connectivity index (χ3v) is 5.79. The summed E-state index contributed by atoms with van der Waals surface area (Å²) in [7, 11) is 1.75. The molecule has 0 unspecified atom stereocenters. The molecule has 0 N–H and O–H groups in total. The highest BCUT2D eigenvalue weighted by Crippen LogP contribution is 2.34. The van der Waals surface area contributed by atoms with Gasteiger partial charge in [-0.1, -0.05) is 64.5 Å². The first-order chi connectivity index (χ1) is 12.2. The molecule has 1 nitrogen and oxygen atoms in total. The predicted octanol–water partition coefficient (Wildman–Crippen LogP) is 6.01. The van der Waals surface area contributed by atoms with Crippen molar-refractivity contribution in [2.24, 2.45) is 0 Å². The van der Waals surface area contributed by atoms with Crippen molar-refractivity contribution in [2.75, 3.05) is 7.11 Å². The normalized spacial score (nSPS) is 13.4. The fraction of sp³-hybridized carbons (Fsp3) is 0.217. The first kappa shape index (κ1) is 16.4. The van der Waals surface area contributed by atoms with Gasteiger partial charge >= 0.3 is 0 Å². The molecule has 0 aromatic heterocycles. The van der Waals surface area contributed by atoms with Crippen molar-refractivity contribution in [3.05, 3.63) is 87.4 Å². The number of benzene rings is 3. The number of hydrogen-bond acceptors (Lipinski definition) is 1. The van der Waals surface area contributed by atoms with Gasteiger partial charge in [0.1, 0.15) is 5.75 Å². The molecule has 0 spiro atoms. The zero-order valence-corrected chi connectivity index (χ0v) is 16.0. The number of halogens is 1. The van der Waals surface area contributed by atoms with E-state index in [2.05, 4.69) is 64.5 Å². The van der Waals surface area contributed by atoms with Gasteiger partial charge in [0.05, 0.1) is 7.11 Å². The molecule has 3 aromatic rings. The minimum absolute atomic E-state index is 0.944. The second-order valence-corrected chi connectivity index (χ2v) is 7.47. The summed E-state index contributed by atoms with van der Waals surface area (Å²) in [5, 5.41) is 0. The fourth-order valence-corrected chi connectivity index (χ4v) is 4.25. The molecule has 7 rings (SSSR count). The van der Waals surface area contributed by atoms with Gasteiger partial charge in [-0.05, 0) is 65.6 Å². The average molecular weight is 393 g/mol. The molecule has 0 fully saturated rings. The van der Waals surface area contributed by atoms with Crippen LogP contribution in [-0.2, 0) is 25.7 Å². The second-order valence-electron chi connectivity index (χ2n) is 6.62. The highest BCUT2D eigenvalue weighted by molar-refractivity contribution is 9.10. The Bertz CT molecular complexity index is 914. The molecule has 0 aliphatic heterocycles. The molecule has 0 saturated carbocycles. The van der Waals surface area contributed by atoms with Gasteiger partial charge in [0.2, 0.25) is 0 Å². The largest absolute Gasteiger partial charge is 0.496 e. The molecule has 4 bridgehead atoms. The van der Waals surface area contributed by atoms with Crippen LogP contribution in [0.2, 0.25) is 0 Å². The number of aryl methyl sites for hydroxylation is 4. The van der Waals surface area contributed by atoms with Gasteiger partial charge in [0, 0.05) is 10.0 Å². The van der Waals surface area contributed by atoms with Gasteiger partial charge in [0.25, 0.3) is 0 Å². The zero-order chi connectivity index (χ0) is 17.2. The maximum atomic E-state index is 5.62. The monoisotopic (exact) mass is 392 g/mol. The SMILES string of the molecule is COc1ccccc1-c1cc2ccc1CCc1ccc(c(Br)c1)CC2. The van der Waals surface area contributed by atoms with Crippen molar-refractivity contribution in [3.8, 4) is 16.9 Å². The van der Waals surface area contributed by atoms with Crippen LogP contribution in [0.3, 0.4) is 0 Å². The molecule has 4 aliphatic carbocycles. The molecule has 0 radical (unpaired) electrons. The average Bonchev–Trinajstić information content (AvgIpc) is 2.64. The molecule has 126 valence electrons. The molecule has 0 saturated heterocycles. The maximum Gasteiger partial charge on any atom is 0.126 e. The number of methoxy groups -OCH3 is 1. The summed E-state index contributed by atoms with van der Waals surface area (Å²) >= 11 is 3.74. The minimum Gasteiger partial charge on any atom is -0.496 e. The van der Waals surface area contributed by atoms with E-state index in [-0.39, 0.29) is 0 Å². The van der Waals surface area contributed by atoms with Gasteiger partial charge in [-0.25, -0.2) is 0 Å². The Balaban J connectivity index is 1.81. The summed E-state index contributed by atoms with van der Waals surface area (Å²) in [6.07, 6.45) is 4.16. The third-order valence-electron chi connectivity index (χ3n) is 5.05. The van der Waals surface area contributed by atoms with Crippen LogP contribution in [-0.4, -0.2) is 7.11 Å². The summed E-state index contributed by atoms with van der Waals surface area (Å²) in [6, 6.07) is 22.1. The fourth-order valence-electron chi connectivity index (χ4n) is 3.62. The van der Waals surface area contributed by atoms with Crippen molar-refractivity contribution < 1.29 is 4.74 Å². The first-order valence-electron chi connectivity index (χ1n) is 8.77. The molecular formula is C23H21BrO. The van der Waals surface area contributed by atoms with Crippen molar-refractivity contribution >= 4 is 15.9 Å². The van der Waals surface area contributed by atoms with Crippen LogP contribution in [0.4, 0.5) is 0 Å². The predicted molar refractivity (Wildman–Crippen MR) is 107 cm³/mol. The van der Waals surface area contributed by atoms with Crippen LogP contribution in [0.15, 0.2) is 65.1 Å². The van der Waals surface area contributed by atoms with Crippen LogP contribution in [0, 0.1) is 0 Å². The van der Waals surface area contributed by atoms with Crippen molar-refractivity contribution in [3.63, 3.8) is 0 Å². The highest BCUT2D eigenvalue weighted by Gasteiger charge is 2.13. The van der Waals surface area contributed by atoms with E-state index in [1.807, 2.05) is 12.1 Å². The molecule has 3 aromatic carbocycles. The molecule has 4 aliphatic rings. The number of ether oxygens (including phenoxy) is 1. The molecule has 0 atom stereocenters. The first-order valence-corrected chi connectivity index (χ1v) is 9.56. The maximum absolute atomic E-state index is 5.62. The molecule has 0 heterocycles. The van der Waals surface area contributed by atoms with Crippen molar-refractivity contribution in [1.29, 1.82) is 0 Å². The van der Waals surface area contributed by atoms with Gasteiger partial charge in [0.15, 0.2) is 0 Å². The Morgan fingerprint density at radius 3 is 2.16 bits per heavy atom. The quantitative estimate of drug-likeness (QED) is 0.518. The third kappa shape index (κ3) is 3.36. The van der Waals surface area contributed by atoms with Crippen LogP contribution in [0.1, 0.15) is 22.3 Å². The Morgan fingerprint density at radius 2 is 1.40 bits per heavy atom. The van der Waals surface area contributed by atoms with Gasteiger partial charge in [-0.2, -0.15) is 0 Å². The smallest absolute Gasteiger partial charge is 0.126 e. The molecule has 2 heteroatoms. The van der Waals surface area contributed by atoms with Crippen molar-refractivity contribution in [1.82, 2.24) is 0 Å². The van der Waals surface area contributed by atoms with Crippen LogP contribution in [0.5, 0.6) is 5.75 Å². The van der Waals surface area contributed by atoms with Crippen LogP contribution < -0.4 is 4.74 Å². The van der Waals surface area contributed by atoms with Crippen LogP contribution in [0.25, 0.3) is 11.1 Å². The Labute approximate surface area is 157 Å². The lowest BCUT2D eigenvalue weighted by atomic mass is 9.90. The van der Waals surface area contributed by atoms with E-state index in [1.54, 1.807) is 7.11 Å². The van der Waals surface area contributed by atoms with E-state index in [9.17, 15) is 0 Å². The van der Waals surface area contributed by atoms with E-state index in [0.717, 1.165) is 31.4 Å². The van der Waals surface area contributed by atoms with E-state index in [0.29, 0.717) is 0 Å². The molecule has 0 amide bonds. The summed E-state index contributed by atoms with van der Waals surface area (Å²) < 4.78 is 6.86. The van der Waals surface area contributed by atoms with Crippen molar-refractivity contribution in [2.45, 2.75) is 25.7 Å². The number of rotatable bonds is 2. The summed E-state index contributed by atoms with van der Waals surface area (Å²) in [6.45, 7) is 0. The lowest BCUT2D eigenvalue weighted by Gasteiger charge is -2.17. The Kier molecular flexibility index (Phi) is 4.63. The second kappa shape index (κ2) is 7.05. The number of para-hydroxylation sites is 1. The van der Waals surface area contributed by atoms with E-state index >= 15 is 0 Å². The summed E-state index contributed by atoms with van der Waals surface area (Å²) in [5.41, 5.74) is 8.02. The lowest BCUT2D eigenvalue weighted by Crippen LogP contribution is -2.01. The van der Waals surface area contributed by atoms with Gasteiger partial charge < -0.3 is 4.74 Å². The van der Waals surface area contributed by atoms with Gasteiger partial charge in [-0.15, -0.1) is 0 Å². The highest BCUT2D eigenvalue weighted by atomic mass is 79.9. The zero-order valence-electron chi connectivity index (χ0n) is 14.4. The molecular weight excluding hydrogens is 372 g/mol. The van der Waals surface area contributed by atoms with Crippen LogP contribution >= 0.6 is 15.9 Å². The summed E-state index contributed by atoms with van der Waals surface area (Å²) in [4.78, 5) is 0. The Morgan fingerprint density at radius 1 is 0.720 bits per heavy atom.